The van der Waals surface area contributed by atoms with E-state index in [-0.39, 0.29) is 12.2 Å². The second kappa shape index (κ2) is 7.17. The van der Waals surface area contributed by atoms with Crippen molar-refractivity contribution in [3.8, 4) is 0 Å². The van der Waals surface area contributed by atoms with Gasteiger partial charge < -0.3 is 4.90 Å². The molecule has 0 aromatic carbocycles. The molecule has 2 atom stereocenters. The normalized spacial score (nSPS) is 25.4. The topological polar surface area (TPSA) is 32.3 Å². The molecule has 0 aliphatic carbocycles. The van der Waals surface area contributed by atoms with Gasteiger partial charge in [0.15, 0.2) is 0 Å². The van der Waals surface area contributed by atoms with E-state index in [0.717, 1.165) is 25.8 Å². The zero-order valence-electron chi connectivity index (χ0n) is 10.7. The van der Waals surface area contributed by atoms with E-state index in [1.54, 1.807) is 0 Å². The van der Waals surface area contributed by atoms with Crippen molar-refractivity contribution < 1.29 is 4.79 Å². The van der Waals surface area contributed by atoms with Crippen molar-refractivity contribution in [1.82, 2.24) is 10.2 Å². The smallest absolute Gasteiger partial charge is 0.241 e. The van der Waals surface area contributed by atoms with Gasteiger partial charge in [0.05, 0.1) is 12.2 Å². The molecule has 0 aromatic rings. The van der Waals surface area contributed by atoms with Gasteiger partial charge in [-0.05, 0) is 38.2 Å². The summed E-state index contributed by atoms with van der Waals surface area (Å²) < 4.78 is 0. The molecule has 0 saturated carbocycles. The summed E-state index contributed by atoms with van der Waals surface area (Å²) in [7, 11) is 0. The van der Waals surface area contributed by atoms with E-state index < -0.39 is 0 Å². The highest BCUT2D eigenvalue weighted by Crippen LogP contribution is 2.15. The van der Waals surface area contributed by atoms with E-state index in [2.05, 4.69) is 25.4 Å². The molecule has 1 rings (SSSR count). The van der Waals surface area contributed by atoms with Crippen LogP contribution in [0.25, 0.3) is 0 Å². The zero-order valence-corrected chi connectivity index (χ0v) is 11.5. The first-order valence-electron chi connectivity index (χ1n) is 6.26. The summed E-state index contributed by atoms with van der Waals surface area (Å²) in [5, 5.41) is 3.37. The van der Waals surface area contributed by atoms with Crippen LogP contribution in [0.15, 0.2) is 0 Å². The summed E-state index contributed by atoms with van der Waals surface area (Å²) in [6, 6.07) is 0.0700. The van der Waals surface area contributed by atoms with Crippen molar-refractivity contribution in [1.29, 1.82) is 0 Å². The van der Waals surface area contributed by atoms with E-state index in [1.807, 2.05) is 16.7 Å². The number of amides is 1. The summed E-state index contributed by atoms with van der Waals surface area (Å²) in [5.41, 5.74) is 0. The number of nitrogens with zero attached hydrogens (tertiary/aromatic N) is 1. The lowest BCUT2D eigenvalue weighted by molar-refractivity contribution is -0.130. The summed E-state index contributed by atoms with van der Waals surface area (Å²) in [5.74, 6) is 1.50. The summed E-state index contributed by atoms with van der Waals surface area (Å²) in [6.45, 7) is 5.12. The quantitative estimate of drug-likeness (QED) is 0.696. The molecule has 0 aromatic heterocycles. The predicted molar refractivity (Wildman–Crippen MR) is 70.6 cm³/mol. The standard InChI is InChI=1S/C12H24N2OS/c1-4-7-11-12(15)14(10(2)13-11)8-5-6-9-16-3/h10-11,13H,4-9H2,1-3H3. The van der Waals surface area contributed by atoms with Gasteiger partial charge in [0.25, 0.3) is 0 Å². The van der Waals surface area contributed by atoms with Crippen LogP contribution in [-0.2, 0) is 4.79 Å². The molecule has 1 aliphatic rings. The molecule has 3 nitrogen and oxygen atoms in total. The first-order valence-corrected chi connectivity index (χ1v) is 7.65. The summed E-state index contributed by atoms with van der Waals surface area (Å²) in [6.07, 6.45) is 6.70. The van der Waals surface area contributed by atoms with Crippen molar-refractivity contribution in [3.05, 3.63) is 0 Å². The average Bonchev–Trinajstić information content (AvgIpc) is 2.52. The number of nitrogens with one attached hydrogen (secondary N) is 1. The van der Waals surface area contributed by atoms with Gasteiger partial charge in [-0.1, -0.05) is 13.3 Å². The summed E-state index contributed by atoms with van der Waals surface area (Å²) in [4.78, 5) is 14.0. The van der Waals surface area contributed by atoms with E-state index in [1.165, 1.54) is 12.2 Å². The van der Waals surface area contributed by atoms with Gasteiger partial charge in [0.1, 0.15) is 0 Å². The molecule has 1 heterocycles. The lowest BCUT2D eigenvalue weighted by Crippen LogP contribution is -2.35. The highest BCUT2D eigenvalue weighted by atomic mass is 32.2. The molecule has 0 radical (unpaired) electrons. The fraction of sp³-hybridized carbons (Fsp3) is 0.917. The van der Waals surface area contributed by atoms with Crippen molar-refractivity contribution in [2.75, 3.05) is 18.6 Å². The lowest BCUT2D eigenvalue weighted by atomic mass is 10.1. The maximum Gasteiger partial charge on any atom is 0.241 e. The lowest BCUT2D eigenvalue weighted by Gasteiger charge is -2.20. The monoisotopic (exact) mass is 244 g/mol. The first-order chi connectivity index (χ1) is 7.70. The predicted octanol–water partition coefficient (Wildman–Crippen LogP) is 2.08. The van der Waals surface area contributed by atoms with Crippen LogP contribution in [0.3, 0.4) is 0 Å². The molecule has 1 N–H and O–H groups in total. The van der Waals surface area contributed by atoms with Crippen LogP contribution in [0.4, 0.5) is 0 Å². The van der Waals surface area contributed by atoms with Crippen LogP contribution in [0.5, 0.6) is 0 Å². The van der Waals surface area contributed by atoms with Gasteiger partial charge in [-0.15, -0.1) is 0 Å². The third-order valence-corrected chi connectivity index (χ3v) is 3.76. The van der Waals surface area contributed by atoms with Crippen molar-refractivity contribution >= 4 is 17.7 Å². The Morgan fingerprint density at radius 3 is 2.81 bits per heavy atom. The molecule has 4 heteroatoms. The van der Waals surface area contributed by atoms with E-state index in [9.17, 15) is 4.79 Å². The van der Waals surface area contributed by atoms with Crippen molar-refractivity contribution in [3.63, 3.8) is 0 Å². The number of carbonyl (C=O) groups is 1. The molecular weight excluding hydrogens is 220 g/mol. The molecule has 1 saturated heterocycles. The van der Waals surface area contributed by atoms with Gasteiger partial charge in [0.2, 0.25) is 5.91 Å². The Morgan fingerprint density at radius 2 is 2.19 bits per heavy atom. The number of carbonyl (C=O) groups excluding carboxylic acids is 1. The van der Waals surface area contributed by atoms with Crippen LogP contribution < -0.4 is 5.32 Å². The maximum atomic E-state index is 12.0. The molecule has 1 aliphatic heterocycles. The van der Waals surface area contributed by atoms with Crippen LogP contribution in [0.1, 0.15) is 39.5 Å². The number of hydrogen-bond donors (Lipinski definition) is 1. The largest absolute Gasteiger partial charge is 0.326 e. The zero-order chi connectivity index (χ0) is 12.0. The Balaban J connectivity index is 2.32. The van der Waals surface area contributed by atoms with Crippen LogP contribution in [0, 0.1) is 0 Å². The van der Waals surface area contributed by atoms with E-state index >= 15 is 0 Å². The van der Waals surface area contributed by atoms with Crippen molar-refractivity contribution in [2.45, 2.75) is 51.7 Å². The van der Waals surface area contributed by atoms with Crippen LogP contribution in [-0.4, -0.2) is 41.6 Å². The number of thioether (sulfide) groups is 1. The Labute approximate surface area is 103 Å². The minimum absolute atomic E-state index is 0.0700. The third-order valence-electron chi connectivity index (χ3n) is 3.07. The molecular formula is C12H24N2OS. The molecule has 0 bridgehead atoms. The molecule has 1 fully saturated rings. The van der Waals surface area contributed by atoms with Gasteiger partial charge >= 0.3 is 0 Å². The van der Waals surface area contributed by atoms with E-state index in [4.69, 9.17) is 0 Å². The van der Waals surface area contributed by atoms with Crippen molar-refractivity contribution in [2.24, 2.45) is 0 Å². The summed E-state index contributed by atoms with van der Waals surface area (Å²) >= 11 is 1.88. The number of unbranched alkanes of at least 4 members (excludes halogenated alkanes) is 1. The molecule has 1 amide bonds. The van der Waals surface area contributed by atoms with Gasteiger partial charge in [-0.2, -0.15) is 11.8 Å². The highest BCUT2D eigenvalue weighted by Gasteiger charge is 2.34. The van der Waals surface area contributed by atoms with Crippen LogP contribution >= 0.6 is 11.8 Å². The minimum atomic E-state index is 0.0700. The Kier molecular flexibility index (Phi) is 6.21. The Bertz CT molecular complexity index is 223. The Morgan fingerprint density at radius 1 is 1.44 bits per heavy atom. The second-order valence-electron chi connectivity index (χ2n) is 4.42. The average molecular weight is 244 g/mol. The third kappa shape index (κ3) is 3.67. The molecule has 0 spiro atoms. The van der Waals surface area contributed by atoms with Gasteiger partial charge in [-0.3, -0.25) is 10.1 Å². The van der Waals surface area contributed by atoms with E-state index in [0.29, 0.717) is 5.91 Å². The van der Waals surface area contributed by atoms with Gasteiger partial charge in [-0.25, -0.2) is 0 Å². The second-order valence-corrected chi connectivity index (χ2v) is 5.40. The fourth-order valence-corrected chi connectivity index (χ4v) is 2.66. The molecule has 2 unspecified atom stereocenters. The maximum absolute atomic E-state index is 12.0. The Hall–Kier alpha value is -0.220. The molecule has 94 valence electrons. The number of rotatable bonds is 7. The first kappa shape index (κ1) is 13.8. The minimum Gasteiger partial charge on any atom is -0.326 e. The number of hydrogen-bond acceptors (Lipinski definition) is 3. The molecule has 16 heavy (non-hydrogen) atoms. The SMILES string of the molecule is CCCC1NC(C)N(CCCCSC)C1=O. The fourth-order valence-electron chi connectivity index (χ4n) is 2.17. The van der Waals surface area contributed by atoms with Gasteiger partial charge in [0, 0.05) is 6.54 Å². The van der Waals surface area contributed by atoms with Crippen LogP contribution in [0.2, 0.25) is 0 Å². The highest BCUT2D eigenvalue weighted by molar-refractivity contribution is 7.98.